The van der Waals surface area contributed by atoms with Crippen LogP contribution in [0.2, 0.25) is 5.02 Å². The van der Waals surface area contributed by atoms with E-state index in [9.17, 15) is 4.79 Å². The van der Waals surface area contributed by atoms with Crippen LogP contribution in [0.15, 0.2) is 24.3 Å². The molecule has 4 heteroatoms. The van der Waals surface area contributed by atoms with Gasteiger partial charge in [-0.05, 0) is 25.5 Å². The molecule has 0 saturated heterocycles. The molecule has 0 saturated carbocycles. The molecule has 1 amide bonds. The number of carbonyl (C=O) groups is 1. The van der Waals surface area contributed by atoms with E-state index in [0.717, 1.165) is 5.56 Å². The van der Waals surface area contributed by atoms with E-state index >= 15 is 0 Å². The van der Waals surface area contributed by atoms with Gasteiger partial charge in [0.25, 0.3) is 0 Å². The monoisotopic (exact) mass is 226 g/mol. The third-order valence-electron chi connectivity index (χ3n) is 2.14. The van der Waals surface area contributed by atoms with Gasteiger partial charge in [0.2, 0.25) is 5.91 Å². The van der Waals surface area contributed by atoms with Gasteiger partial charge in [-0.15, -0.1) is 0 Å². The van der Waals surface area contributed by atoms with E-state index in [4.69, 9.17) is 17.3 Å². The van der Waals surface area contributed by atoms with Crippen molar-refractivity contribution in [2.75, 3.05) is 0 Å². The van der Waals surface area contributed by atoms with Gasteiger partial charge >= 0.3 is 0 Å². The summed E-state index contributed by atoms with van der Waals surface area (Å²) in [6, 6.07) is 6.79. The number of hydrogen-bond donors (Lipinski definition) is 2. The van der Waals surface area contributed by atoms with Gasteiger partial charge in [-0.2, -0.15) is 0 Å². The van der Waals surface area contributed by atoms with Crippen molar-refractivity contribution in [3.63, 3.8) is 0 Å². The molecule has 0 spiro atoms. The average molecular weight is 227 g/mol. The van der Waals surface area contributed by atoms with E-state index in [1.165, 1.54) is 0 Å². The van der Waals surface area contributed by atoms with Gasteiger partial charge in [0, 0.05) is 5.02 Å². The topological polar surface area (TPSA) is 55.1 Å². The van der Waals surface area contributed by atoms with Crippen LogP contribution in [0.4, 0.5) is 0 Å². The predicted molar refractivity (Wildman–Crippen MR) is 61.7 cm³/mol. The number of halogens is 1. The second-order valence-electron chi connectivity index (χ2n) is 3.54. The molecule has 1 aromatic carbocycles. The lowest BCUT2D eigenvalue weighted by Gasteiger charge is -2.16. The quantitative estimate of drug-likeness (QED) is 0.827. The largest absolute Gasteiger partial charge is 0.348 e. The first-order valence-electron chi connectivity index (χ1n) is 4.82. The minimum absolute atomic E-state index is 0.128. The molecule has 0 aliphatic heterocycles. The van der Waals surface area contributed by atoms with Crippen LogP contribution in [0.3, 0.4) is 0 Å². The van der Waals surface area contributed by atoms with Gasteiger partial charge in [-0.3, -0.25) is 4.79 Å². The Kier molecular flexibility index (Phi) is 4.12. The zero-order valence-electron chi connectivity index (χ0n) is 8.83. The van der Waals surface area contributed by atoms with E-state index < -0.39 is 6.04 Å². The Labute approximate surface area is 94.6 Å². The molecule has 82 valence electrons. The van der Waals surface area contributed by atoms with Crippen molar-refractivity contribution in [1.82, 2.24) is 5.32 Å². The average Bonchev–Trinajstić information content (AvgIpc) is 2.18. The molecule has 15 heavy (non-hydrogen) atoms. The van der Waals surface area contributed by atoms with Gasteiger partial charge < -0.3 is 11.1 Å². The highest BCUT2D eigenvalue weighted by Crippen LogP contribution is 2.21. The maximum Gasteiger partial charge on any atom is 0.237 e. The van der Waals surface area contributed by atoms with Crippen LogP contribution in [0.25, 0.3) is 0 Å². The minimum atomic E-state index is -0.505. The number of nitrogens with two attached hydrogens (primary N) is 1. The van der Waals surface area contributed by atoms with Crippen molar-refractivity contribution in [3.8, 4) is 0 Å². The summed E-state index contributed by atoms with van der Waals surface area (Å²) in [5.74, 6) is -0.178. The van der Waals surface area contributed by atoms with Crippen LogP contribution in [-0.4, -0.2) is 11.9 Å². The van der Waals surface area contributed by atoms with Gasteiger partial charge in [0.1, 0.15) is 0 Å². The Morgan fingerprint density at radius 3 is 2.53 bits per heavy atom. The Bertz CT molecular complexity index is 352. The van der Waals surface area contributed by atoms with Crippen LogP contribution < -0.4 is 11.1 Å². The highest BCUT2D eigenvalue weighted by molar-refractivity contribution is 6.31. The van der Waals surface area contributed by atoms with E-state index in [1.807, 2.05) is 25.1 Å². The molecule has 1 unspecified atom stereocenters. The predicted octanol–water partition coefficient (Wildman–Crippen LogP) is 1.86. The van der Waals surface area contributed by atoms with Crippen LogP contribution in [0.5, 0.6) is 0 Å². The fourth-order valence-electron chi connectivity index (χ4n) is 1.25. The number of rotatable bonds is 3. The van der Waals surface area contributed by atoms with E-state index in [0.29, 0.717) is 5.02 Å². The Morgan fingerprint density at radius 2 is 2.00 bits per heavy atom. The summed E-state index contributed by atoms with van der Waals surface area (Å²) >= 11 is 6.00. The maximum absolute atomic E-state index is 11.4. The summed E-state index contributed by atoms with van der Waals surface area (Å²) in [5, 5.41) is 3.44. The first-order valence-corrected chi connectivity index (χ1v) is 5.20. The SMILES string of the molecule is CC(N)C(=O)N[C@@H](C)c1ccccc1Cl. The molecular weight excluding hydrogens is 212 g/mol. The molecular formula is C11H15ClN2O. The molecule has 2 atom stereocenters. The van der Waals surface area contributed by atoms with Crippen molar-refractivity contribution < 1.29 is 4.79 Å². The molecule has 0 aliphatic rings. The van der Waals surface area contributed by atoms with Gasteiger partial charge in [0.15, 0.2) is 0 Å². The standard InChI is InChI=1S/C11H15ClN2O/c1-7(13)11(15)14-8(2)9-5-3-4-6-10(9)12/h3-8H,13H2,1-2H3,(H,14,15)/t7?,8-/m0/s1. The summed E-state index contributed by atoms with van der Waals surface area (Å²) in [5.41, 5.74) is 6.35. The number of hydrogen-bond acceptors (Lipinski definition) is 2. The summed E-state index contributed by atoms with van der Waals surface area (Å²) in [4.78, 5) is 11.4. The first-order chi connectivity index (χ1) is 7.02. The molecule has 0 heterocycles. The molecule has 0 radical (unpaired) electrons. The molecule has 0 aromatic heterocycles. The van der Waals surface area contributed by atoms with Gasteiger partial charge in [-0.1, -0.05) is 29.8 Å². The van der Waals surface area contributed by atoms with E-state index in [1.54, 1.807) is 13.0 Å². The molecule has 0 aliphatic carbocycles. The smallest absolute Gasteiger partial charge is 0.237 e. The molecule has 1 aromatic rings. The maximum atomic E-state index is 11.4. The molecule has 3 N–H and O–H groups in total. The third-order valence-corrected chi connectivity index (χ3v) is 2.49. The highest BCUT2D eigenvalue weighted by atomic mass is 35.5. The van der Waals surface area contributed by atoms with Crippen molar-refractivity contribution in [3.05, 3.63) is 34.9 Å². The van der Waals surface area contributed by atoms with Crippen molar-refractivity contribution >= 4 is 17.5 Å². The normalized spacial score (nSPS) is 14.4. The number of carbonyl (C=O) groups excluding carboxylic acids is 1. The Morgan fingerprint density at radius 1 is 1.40 bits per heavy atom. The Balaban J connectivity index is 2.73. The zero-order chi connectivity index (χ0) is 11.4. The van der Waals surface area contributed by atoms with Crippen molar-refractivity contribution in [2.45, 2.75) is 25.9 Å². The van der Waals surface area contributed by atoms with Crippen molar-refractivity contribution in [1.29, 1.82) is 0 Å². The number of benzene rings is 1. The second-order valence-corrected chi connectivity index (χ2v) is 3.95. The van der Waals surface area contributed by atoms with Crippen LogP contribution in [-0.2, 0) is 4.79 Å². The minimum Gasteiger partial charge on any atom is -0.348 e. The second kappa shape index (κ2) is 5.14. The third kappa shape index (κ3) is 3.22. The van der Waals surface area contributed by atoms with Crippen LogP contribution >= 0.6 is 11.6 Å². The Hall–Kier alpha value is -1.06. The summed E-state index contributed by atoms with van der Waals surface area (Å²) in [6.45, 7) is 3.52. The lowest BCUT2D eigenvalue weighted by molar-refractivity contribution is -0.122. The lowest BCUT2D eigenvalue weighted by atomic mass is 10.1. The van der Waals surface area contributed by atoms with E-state index in [-0.39, 0.29) is 11.9 Å². The fourth-order valence-corrected chi connectivity index (χ4v) is 1.55. The van der Waals surface area contributed by atoms with Crippen LogP contribution in [0, 0.1) is 0 Å². The van der Waals surface area contributed by atoms with Crippen molar-refractivity contribution in [2.24, 2.45) is 5.73 Å². The lowest BCUT2D eigenvalue weighted by Crippen LogP contribution is -2.39. The number of amides is 1. The van der Waals surface area contributed by atoms with Gasteiger partial charge in [-0.25, -0.2) is 0 Å². The molecule has 1 rings (SSSR count). The summed E-state index contributed by atoms with van der Waals surface area (Å²) < 4.78 is 0. The fraction of sp³-hybridized carbons (Fsp3) is 0.364. The number of nitrogens with one attached hydrogen (secondary N) is 1. The highest BCUT2D eigenvalue weighted by Gasteiger charge is 2.14. The summed E-state index contributed by atoms with van der Waals surface area (Å²) in [6.07, 6.45) is 0. The molecule has 0 bridgehead atoms. The van der Waals surface area contributed by atoms with Crippen LogP contribution in [0.1, 0.15) is 25.5 Å². The first kappa shape index (κ1) is 12.0. The molecule has 0 fully saturated rings. The zero-order valence-corrected chi connectivity index (χ0v) is 9.58. The van der Waals surface area contributed by atoms with Gasteiger partial charge in [0.05, 0.1) is 12.1 Å². The van der Waals surface area contributed by atoms with E-state index in [2.05, 4.69) is 5.32 Å². The summed E-state index contributed by atoms with van der Waals surface area (Å²) in [7, 11) is 0. The molecule has 3 nitrogen and oxygen atoms in total.